The third-order valence-electron chi connectivity index (χ3n) is 5.49. The largest absolute Gasteiger partial charge is 0.338 e. The van der Waals surface area contributed by atoms with Gasteiger partial charge in [-0.2, -0.15) is 4.31 Å². The molecule has 1 aromatic rings. The summed E-state index contributed by atoms with van der Waals surface area (Å²) in [5, 5.41) is 0.519. The highest BCUT2D eigenvalue weighted by Gasteiger charge is 2.31. The molecular formula is C19H29ClN3O3S+. The van der Waals surface area contributed by atoms with E-state index in [1.54, 1.807) is 24.3 Å². The quantitative estimate of drug-likeness (QED) is 0.800. The second kappa shape index (κ2) is 9.37. The summed E-state index contributed by atoms with van der Waals surface area (Å²) in [6.07, 6.45) is 5.87. The van der Waals surface area contributed by atoms with Crippen LogP contribution in [0.5, 0.6) is 0 Å². The molecule has 0 aliphatic carbocycles. The second-order valence-corrected chi connectivity index (χ2v) is 9.81. The summed E-state index contributed by atoms with van der Waals surface area (Å²) < 4.78 is 27.0. The number of benzene rings is 1. The maximum Gasteiger partial charge on any atom is 0.277 e. The van der Waals surface area contributed by atoms with Crippen LogP contribution in [0.3, 0.4) is 0 Å². The van der Waals surface area contributed by atoms with Crippen LogP contribution < -0.4 is 4.90 Å². The Bertz CT molecular complexity index is 723. The molecule has 6 nitrogen and oxygen atoms in total. The van der Waals surface area contributed by atoms with E-state index >= 15 is 0 Å². The smallest absolute Gasteiger partial charge is 0.277 e. The van der Waals surface area contributed by atoms with Crippen LogP contribution in [0.15, 0.2) is 29.2 Å². The Kier molecular flexibility index (Phi) is 7.14. The number of rotatable bonds is 4. The fraction of sp³-hybridized carbons (Fsp3) is 0.632. The van der Waals surface area contributed by atoms with Crippen LogP contribution in [-0.2, 0) is 14.8 Å². The van der Waals surface area contributed by atoms with Gasteiger partial charge in [0.1, 0.15) is 0 Å². The zero-order valence-corrected chi connectivity index (χ0v) is 17.3. The summed E-state index contributed by atoms with van der Waals surface area (Å²) in [6.45, 7) is 4.39. The van der Waals surface area contributed by atoms with Gasteiger partial charge in [-0.25, -0.2) is 8.42 Å². The second-order valence-electron chi connectivity index (χ2n) is 7.43. The van der Waals surface area contributed by atoms with Gasteiger partial charge >= 0.3 is 0 Å². The molecule has 1 aromatic carbocycles. The van der Waals surface area contributed by atoms with Crippen LogP contribution in [0.2, 0.25) is 5.02 Å². The van der Waals surface area contributed by atoms with Crippen LogP contribution in [0.25, 0.3) is 0 Å². The van der Waals surface area contributed by atoms with Crippen molar-refractivity contribution in [1.29, 1.82) is 0 Å². The van der Waals surface area contributed by atoms with Gasteiger partial charge in [-0.05, 0) is 37.1 Å². The molecule has 2 heterocycles. The topological polar surface area (TPSA) is 62.1 Å². The lowest BCUT2D eigenvalue weighted by atomic mass is 10.1. The molecule has 2 fully saturated rings. The Labute approximate surface area is 167 Å². The van der Waals surface area contributed by atoms with Gasteiger partial charge < -0.3 is 9.80 Å². The molecule has 2 aliphatic rings. The number of piperazine rings is 1. The van der Waals surface area contributed by atoms with Crippen molar-refractivity contribution in [2.45, 2.75) is 37.0 Å². The first-order valence-corrected chi connectivity index (χ1v) is 11.7. The highest BCUT2D eigenvalue weighted by Crippen LogP contribution is 2.18. The van der Waals surface area contributed by atoms with Gasteiger partial charge in [0.2, 0.25) is 10.0 Å². The van der Waals surface area contributed by atoms with Gasteiger partial charge in [-0.3, -0.25) is 4.79 Å². The number of quaternary nitrogens is 1. The van der Waals surface area contributed by atoms with E-state index in [0.29, 0.717) is 37.7 Å². The average Bonchev–Trinajstić information content (AvgIpc) is 2.62. The molecule has 2 aliphatic heterocycles. The monoisotopic (exact) mass is 414 g/mol. The Morgan fingerprint density at radius 3 is 2.07 bits per heavy atom. The zero-order chi connectivity index (χ0) is 19.3. The third-order valence-corrected chi connectivity index (χ3v) is 7.66. The highest BCUT2D eigenvalue weighted by atomic mass is 35.5. The van der Waals surface area contributed by atoms with Crippen molar-refractivity contribution in [3.05, 3.63) is 29.3 Å². The van der Waals surface area contributed by atoms with Crippen molar-refractivity contribution in [2.24, 2.45) is 0 Å². The van der Waals surface area contributed by atoms with Gasteiger partial charge in [0, 0.05) is 18.1 Å². The number of carbonyl (C=O) groups excluding carboxylic acids is 1. The van der Waals surface area contributed by atoms with Gasteiger partial charge in [0.25, 0.3) is 5.91 Å². The number of nitrogens with one attached hydrogen (secondary N) is 1. The predicted octanol–water partition coefficient (Wildman–Crippen LogP) is 1.02. The molecule has 0 atom stereocenters. The first-order valence-electron chi connectivity index (χ1n) is 9.84. The van der Waals surface area contributed by atoms with Gasteiger partial charge in [-0.15, -0.1) is 0 Å². The minimum atomic E-state index is -3.49. The fourth-order valence-corrected chi connectivity index (χ4v) is 5.37. The van der Waals surface area contributed by atoms with Crippen molar-refractivity contribution in [3.8, 4) is 0 Å². The summed E-state index contributed by atoms with van der Waals surface area (Å²) in [4.78, 5) is 16.1. The first kappa shape index (κ1) is 20.6. The summed E-state index contributed by atoms with van der Waals surface area (Å²) in [6, 6.07) is 6.28. The number of likely N-dealkylation sites (tertiary alicyclic amines) is 1. The Morgan fingerprint density at radius 1 is 0.926 bits per heavy atom. The summed E-state index contributed by atoms with van der Waals surface area (Å²) in [5.41, 5.74) is 0. The molecule has 1 N–H and O–H groups in total. The van der Waals surface area contributed by atoms with Crippen LogP contribution in [-0.4, -0.2) is 69.3 Å². The number of nitrogens with zero attached hydrogens (tertiary/aromatic N) is 2. The zero-order valence-electron chi connectivity index (χ0n) is 15.7. The van der Waals surface area contributed by atoms with Gasteiger partial charge in [-0.1, -0.05) is 30.9 Å². The lowest BCUT2D eigenvalue weighted by Gasteiger charge is -2.32. The van der Waals surface area contributed by atoms with Crippen LogP contribution >= 0.6 is 11.6 Å². The lowest BCUT2D eigenvalue weighted by Crippen LogP contribution is -3.15. The normalized spacial score (nSPS) is 20.9. The third kappa shape index (κ3) is 5.44. The van der Waals surface area contributed by atoms with Crippen molar-refractivity contribution >= 4 is 27.5 Å². The number of sulfonamides is 1. The molecule has 0 saturated carbocycles. The standard InChI is InChI=1S/C19H28ClN3O3S/c20-17-6-8-18(9-7-17)27(25,26)23-14-12-21(13-15-23)16-19(24)22-10-4-2-1-3-5-11-22/h6-9H,1-5,10-16H2/p+1. The molecule has 0 aromatic heterocycles. The fourth-order valence-electron chi connectivity index (χ4n) is 3.80. The highest BCUT2D eigenvalue weighted by molar-refractivity contribution is 7.89. The molecule has 2 saturated heterocycles. The van der Waals surface area contributed by atoms with Gasteiger partial charge in [0.15, 0.2) is 6.54 Å². The molecule has 27 heavy (non-hydrogen) atoms. The Balaban J connectivity index is 1.52. The number of hydrogen-bond acceptors (Lipinski definition) is 3. The van der Waals surface area contributed by atoms with E-state index in [9.17, 15) is 13.2 Å². The first-order chi connectivity index (χ1) is 13.0. The molecule has 0 spiro atoms. The summed E-state index contributed by atoms with van der Waals surface area (Å²) in [7, 11) is -3.49. The molecule has 0 bridgehead atoms. The number of carbonyl (C=O) groups is 1. The van der Waals surface area contributed by atoms with E-state index in [1.165, 1.54) is 28.5 Å². The molecule has 150 valence electrons. The van der Waals surface area contributed by atoms with Crippen molar-refractivity contribution in [3.63, 3.8) is 0 Å². The summed E-state index contributed by atoms with van der Waals surface area (Å²) in [5.74, 6) is 0.209. The van der Waals surface area contributed by atoms with Crippen molar-refractivity contribution < 1.29 is 18.1 Å². The Morgan fingerprint density at radius 2 is 1.48 bits per heavy atom. The molecule has 1 amide bonds. The van der Waals surface area contributed by atoms with Crippen LogP contribution in [0.4, 0.5) is 0 Å². The van der Waals surface area contributed by atoms with E-state index in [1.807, 2.05) is 4.90 Å². The van der Waals surface area contributed by atoms with E-state index in [2.05, 4.69) is 0 Å². The number of hydrogen-bond donors (Lipinski definition) is 1. The van der Waals surface area contributed by atoms with E-state index in [0.717, 1.165) is 25.9 Å². The number of amides is 1. The van der Waals surface area contributed by atoms with E-state index in [4.69, 9.17) is 11.6 Å². The van der Waals surface area contributed by atoms with Crippen molar-refractivity contribution in [1.82, 2.24) is 9.21 Å². The minimum Gasteiger partial charge on any atom is -0.338 e. The van der Waals surface area contributed by atoms with Crippen molar-refractivity contribution in [2.75, 3.05) is 45.8 Å². The van der Waals surface area contributed by atoms with Gasteiger partial charge in [0.05, 0.1) is 31.1 Å². The van der Waals surface area contributed by atoms with E-state index < -0.39 is 10.0 Å². The molecule has 0 unspecified atom stereocenters. The predicted molar refractivity (Wildman–Crippen MR) is 105 cm³/mol. The minimum absolute atomic E-state index is 0.209. The molecular weight excluding hydrogens is 386 g/mol. The van der Waals surface area contributed by atoms with Crippen LogP contribution in [0, 0.1) is 0 Å². The number of halogens is 1. The summed E-state index contributed by atoms with van der Waals surface area (Å²) >= 11 is 5.85. The lowest BCUT2D eigenvalue weighted by molar-refractivity contribution is -0.896. The Hall–Kier alpha value is -1.15. The molecule has 8 heteroatoms. The molecule has 0 radical (unpaired) electrons. The maximum absolute atomic E-state index is 12.7. The SMILES string of the molecule is O=C(C[NH+]1CCN(S(=O)(=O)c2ccc(Cl)cc2)CC1)N1CCCCCCC1. The van der Waals surface area contributed by atoms with E-state index in [-0.39, 0.29) is 10.8 Å². The maximum atomic E-state index is 12.7. The van der Waals surface area contributed by atoms with Crippen LogP contribution in [0.1, 0.15) is 32.1 Å². The molecule has 3 rings (SSSR count). The average molecular weight is 415 g/mol.